The summed E-state index contributed by atoms with van der Waals surface area (Å²) in [5.74, 6) is 0. The summed E-state index contributed by atoms with van der Waals surface area (Å²) < 4.78 is 1.08. The average Bonchev–Trinajstić information content (AvgIpc) is 2.69. The predicted octanol–water partition coefficient (Wildman–Crippen LogP) is 5.56. The highest BCUT2D eigenvalue weighted by atomic mass is 79.9. The van der Waals surface area contributed by atoms with Crippen molar-refractivity contribution in [3.63, 3.8) is 0 Å². The third-order valence-corrected chi connectivity index (χ3v) is 4.53. The zero-order valence-electron chi connectivity index (χ0n) is 14.0. The van der Waals surface area contributed by atoms with Crippen LogP contribution in [0.4, 0.5) is 0 Å². The van der Waals surface area contributed by atoms with E-state index in [-0.39, 0.29) is 0 Å². The molecule has 26 heavy (non-hydrogen) atoms. The quantitative estimate of drug-likeness (QED) is 0.449. The van der Waals surface area contributed by atoms with Gasteiger partial charge in [-0.2, -0.15) is 0 Å². The van der Waals surface area contributed by atoms with Gasteiger partial charge in [0.1, 0.15) is 0 Å². The van der Waals surface area contributed by atoms with E-state index in [0.29, 0.717) is 0 Å². The molecule has 0 amide bonds. The van der Waals surface area contributed by atoms with E-state index < -0.39 is 0 Å². The van der Waals surface area contributed by atoms with E-state index in [2.05, 4.69) is 56.2 Å². The highest BCUT2D eigenvalue weighted by molar-refractivity contribution is 9.10. The van der Waals surface area contributed by atoms with Gasteiger partial charge in [0.05, 0.1) is 22.8 Å². The Labute approximate surface area is 160 Å². The lowest BCUT2D eigenvalue weighted by atomic mass is 10.0. The van der Waals surface area contributed by atoms with Crippen LogP contribution in [0.1, 0.15) is 11.1 Å². The Balaban J connectivity index is 1.80. The van der Waals surface area contributed by atoms with Crippen LogP contribution < -0.4 is 0 Å². The molecule has 4 aromatic rings. The molecule has 1 aromatic carbocycles. The molecule has 0 radical (unpaired) electrons. The standard InChI is InChI=1S/C22H16BrN3/c23-18-7-5-6-16(13-18)12-17-14-21(19-8-1-3-10-24-19)26-22(15-17)20-9-2-4-11-25-20/h1-11,13-15H,12H2. The summed E-state index contributed by atoms with van der Waals surface area (Å²) in [6, 6.07) is 24.3. The Morgan fingerprint density at radius 3 is 1.81 bits per heavy atom. The summed E-state index contributed by atoms with van der Waals surface area (Å²) in [6.45, 7) is 0. The van der Waals surface area contributed by atoms with Gasteiger partial charge in [-0.3, -0.25) is 9.97 Å². The largest absolute Gasteiger partial charge is 0.255 e. The summed E-state index contributed by atoms with van der Waals surface area (Å²) >= 11 is 3.55. The number of benzene rings is 1. The molecule has 0 unspecified atom stereocenters. The van der Waals surface area contributed by atoms with E-state index in [9.17, 15) is 0 Å². The number of hydrogen-bond acceptors (Lipinski definition) is 3. The second-order valence-electron chi connectivity index (χ2n) is 5.98. The van der Waals surface area contributed by atoms with Crippen molar-refractivity contribution in [1.82, 2.24) is 15.0 Å². The first-order valence-electron chi connectivity index (χ1n) is 8.36. The monoisotopic (exact) mass is 401 g/mol. The van der Waals surface area contributed by atoms with Crippen LogP contribution in [0.5, 0.6) is 0 Å². The van der Waals surface area contributed by atoms with Gasteiger partial charge in [-0.05, 0) is 66.1 Å². The molecule has 0 spiro atoms. The molecule has 0 N–H and O–H groups in total. The van der Waals surface area contributed by atoms with Crippen molar-refractivity contribution < 1.29 is 0 Å². The predicted molar refractivity (Wildman–Crippen MR) is 108 cm³/mol. The first-order chi connectivity index (χ1) is 12.8. The van der Waals surface area contributed by atoms with Gasteiger partial charge in [-0.25, -0.2) is 4.98 Å². The number of hydrogen-bond donors (Lipinski definition) is 0. The fraction of sp³-hybridized carbons (Fsp3) is 0.0455. The molecule has 0 atom stereocenters. The Hall–Kier alpha value is -2.85. The molecule has 3 heterocycles. The van der Waals surface area contributed by atoms with E-state index in [4.69, 9.17) is 4.98 Å². The van der Waals surface area contributed by atoms with E-state index in [1.54, 1.807) is 12.4 Å². The maximum atomic E-state index is 4.80. The highest BCUT2D eigenvalue weighted by Crippen LogP contribution is 2.24. The fourth-order valence-electron chi connectivity index (χ4n) is 2.86. The highest BCUT2D eigenvalue weighted by Gasteiger charge is 2.09. The second-order valence-corrected chi connectivity index (χ2v) is 6.90. The smallest absolute Gasteiger partial charge is 0.0897 e. The molecule has 0 saturated heterocycles. The Bertz CT molecular complexity index is 960. The summed E-state index contributed by atoms with van der Waals surface area (Å²) in [7, 11) is 0. The minimum atomic E-state index is 0.821. The van der Waals surface area contributed by atoms with Gasteiger partial charge in [0, 0.05) is 16.9 Å². The zero-order valence-corrected chi connectivity index (χ0v) is 15.6. The third-order valence-electron chi connectivity index (χ3n) is 4.04. The van der Waals surface area contributed by atoms with Crippen molar-refractivity contribution >= 4 is 15.9 Å². The first-order valence-corrected chi connectivity index (χ1v) is 9.15. The molecule has 3 nitrogen and oxygen atoms in total. The van der Waals surface area contributed by atoms with E-state index in [0.717, 1.165) is 33.7 Å². The van der Waals surface area contributed by atoms with Gasteiger partial charge in [0.25, 0.3) is 0 Å². The average molecular weight is 402 g/mol. The lowest BCUT2D eigenvalue weighted by Gasteiger charge is -2.09. The number of nitrogens with zero attached hydrogens (tertiary/aromatic N) is 3. The van der Waals surface area contributed by atoms with Crippen LogP contribution in [0.25, 0.3) is 22.8 Å². The summed E-state index contributed by atoms with van der Waals surface area (Å²) in [6.07, 6.45) is 4.40. The molecule has 0 bridgehead atoms. The fourth-order valence-corrected chi connectivity index (χ4v) is 3.31. The van der Waals surface area contributed by atoms with Crippen LogP contribution in [-0.4, -0.2) is 15.0 Å². The zero-order chi connectivity index (χ0) is 17.8. The molecule has 126 valence electrons. The minimum Gasteiger partial charge on any atom is -0.255 e. The van der Waals surface area contributed by atoms with Gasteiger partial charge in [0.15, 0.2) is 0 Å². The van der Waals surface area contributed by atoms with Gasteiger partial charge >= 0.3 is 0 Å². The maximum absolute atomic E-state index is 4.80. The van der Waals surface area contributed by atoms with Gasteiger partial charge in [0.2, 0.25) is 0 Å². The number of pyridine rings is 3. The van der Waals surface area contributed by atoms with E-state index in [1.807, 2.05) is 42.5 Å². The molecular formula is C22H16BrN3. The number of rotatable bonds is 4. The first kappa shape index (κ1) is 16.6. The van der Waals surface area contributed by atoms with Crippen molar-refractivity contribution in [1.29, 1.82) is 0 Å². The van der Waals surface area contributed by atoms with Gasteiger partial charge in [-0.1, -0.05) is 40.2 Å². The van der Waals surface area contributed by atoms with Gasteiger partial charge in [-0.15, -0.1) is 0 Å². The normalized spacial score (nSPS) is 10.7. The number of aromatic nitrogens is 3. The molecule has 0 saturated carbocycles. The lowest BCUT2D eigenvalue weighted by Crippen LogP contribution is -1.96. The Morgan fingerprint density at radius 1 is 0.615 bits per heavy atom. The summed E-state index contributed by atoms with van der Waals surface area (Å²) in [4.78, 5) is 13.7. The Morgan fingerprint density at radius 2 is 1.27 bits per heavy atom. The van der Waals surface area contributed by atoms with Crippen molar-refractivity contribution in [3.05, 3.63) is 101 Å². The summed E-state index contributed by atoms with van der Waals surface area (Å²) in [5, 5.41) is 0. The van der Waals surface area contributed by atoms with Crippen molar-refractivity contribution in [2.75, 3.05) is 0 Å². The molecule has 4 rings (SSSR count). The van der Waals surface area contributed by atoms with Crippen molar-refractivity contribution in [3.8, 4) is 22.8 Å². The molecule has 3 aromatic heterocycles. The SMILES string of the molecule is Brc1cccc(Cc2cc(-c3ccccn3)nc(-c3ccccn3)c2)c1. The van der Waals surface area contributed by atoms with E-state index >= 15 is 0 Å². The molecule has 0 aliphatic rings. The van der Waals surface area contributed by atoms with Crippen molar-refractivity contribution in [2.24, 2.45) is 0 Å². The molecular weight excluding hydrogens is 386 g/mol. The van der Waals surface area contributed by atoms with Crippen molar-refractivity contribution in [2.45, 2.75) is 6.42 Å². The lowest BCUT2D eigenvalue weighted by molar-refractivity contribution is 1.14. The Kier molecular flexibility index (Phi) is 4.84. The molecule has 0 aliphatic heterocycles. The van der Waals surface area contributed by atoms with Crippen LogP contribution in [0.2, 0.25) is 0 Å². The summed E-state index contributed by atoms with van der Waals surface area (Å²) in [5.41, 5.74) is 5.86. The maximum Gasteiger partial charge on any atom is 0.0897 e. The number of halogens is 1. The molecule has 0 fully saturated rings. The van der Waals surface area contributed by atoms with Crippen LogP contribution in [0, 0.1) is 0 Å². The van der Waals surface area contributed by atoms with Gasteiger partial charge < -0.3 is 0 Å². The van der Waals surface area contributed by atoms with Crippen LogP contribution in [0.15, 0.2) is 89.7 Å². The third kappa shape index (κ3) is 3.86. The van der Waals surface area contributed by atoms with Crippen LogP contribution >= 0.6 is 15.9 Å². The molecule has 4 heteroatoms. The van der Waals surface area contributed by atoms with Crippen LogP contribution in [0.3, 0.4) is 0 Å². The van der Waals surface area contributed by atoms with Crippen LogP contribution in [-0.2, 0) is 6.42 Å². The molecule has 0 aliphatic carbocycles. The minimum absolute atomic E-state index is 0.821. The topological polar surface area (TPSA) is 38.7 Å². The van der Waals surface area contributed by atoms with E-state index in [1.165, 1.54) is 11.1 Å². The second kappa shape index (κ2) is 7.58.